The lowest BCUT2D eigenvalue weighted by molar-refractivity contribution is 0.0951. The van der Waals surface area contributed by atoms with Crippen molar-refractivity contribution < 1.29 is 9.53 Å². The molecule has 0 aliphatic carbocycles. The predicted molar refractivity (Wildman–Crippen MR) is 111 cm³/mol. The van der Waals surface area contributed by atoms with Gasteiger partial charge in [-0.25, -0.2) is 14.6 Å². The molecule has 2 aromatic heterocycles. The number of amides is 1. The molecule has 0 saturated carbocycles. The van der Waals surface area contributed by atoms with E-state index in [1.165, 1.54) is 25.7 Å². The third-order valence-electron chi connectivity index (χ3n) is 5.26. The molecule has 1 fully saturated rings. The Kier molecular flexibility index (Phi) is 5.88. The zero-order valence-electron chi connectivity index (χ0n) is 16.7. The molecule has 0 atom stereocenters. The van der Waals surface area contributed by atoms with Crippen LogP contribution in [0.2, 0.25) is 0 Å². The zero-order chi connectivity index (χ0) is 20.1. The van der Waals surface area contributed by atoms with E-state index in [1.54, 1.807) is 31.6 Å². The molecule has 1 N–H and O–H groups in total. The van der Waals surface area contributed by atoms with Crippen molar-refractivity contribution in [3.8, 4) is 5.75 Å². The second-order valence-electron chi connectivity index (χ2n) is 7.19. The first kappa shape index (κ1) is 19.2. The van der Waals surface area contributed by atoms with Gasteiger partial charge < -0.3 is 15.0 Å². The van der Waals surface area contributed by atoms with Crippen LogP contribution in [0.4, 0.5) is 5.82 Å². The summed E-state index contributed by atoms with van der Waals surface area (Å²) in [5.74, 6) is 1.48. The van der Waals surface area contributed by atoms with Crippen LogP contribution < -0.4 is 15.0 Å². The SMILES string of the molecule is COc1cccc(C(=O)NCCn2ncc3c(N4CCCCCC4)ncnc32)c1. The normalized spacial score (nSPS) is 14.6. The summed E-state index contributed by atoms with van der Waals surface area (Å²) in [5.41, 5.74) is 1.37. The van der Waals surface area contributed by atoms with Gasteiger partial charge in [-0.3, -0.25) is 4.79 Å². The fraction of sp³-hybridized carbons (Fsp3) is 0.429. The Morgan fingerprint density at radius 2 is 2.00 bits per heavy atom. The summed E-state index contributed by atoms with van der Waals surface area (Å²) in [6, 6.07) is 7.10. The summed E-state index contributed by atoms with van der Waals surface area (Å²) in [5, 5.41) is 8.38. The minimum absolute atomic E-state index is 0.139. The van der Waals surface area contributed by atoms with E-state index in [4.69, 9.17) is 4.74 Å². The summed E-state index contributed by atoms with van der Waals surface area (Å²) in [4.78, 5) is 23.7. The summed E-state index contributed by atoms with van der Waals surface area (Å²) in [6.45, 7) is 3.04. The van der Waals surface area contributed by atoms with Crippen LogP contribution in [-0.2, 0) is 6.54 Å². The van der Waals surface area contributed by atoms with Crippen molar-refractivity contribution in [2.45, 2.75) is 32.2 Å². The number of anilines is 1. The van der Waals surface area contributed by atoms with Crippen molar-refractivity contribution in [1.29, 1.82) is 0 Å². The number of nitrogens with one attached hydrogen (secondary N) is 1. The molecule has 8 heteroatoms. The number of ether oxygens (including phenoxy) is 1. The molecule has 3 heterocycles. The topological polar surface area (TPSA) is 85.2 Å². The maximum atomic E-state index is 12.4. The van der Waals surface area contributed by atoms with E-state index in [9.17, 15) is 4.79 Å². The van der Waals surface area contributed by atoms with E-state index in [-0.39, 0.29) is 5.91 Å². The van der Waals surface area contributed by atoms with Gasteiger partial charge >= 0.3 is 0 Å². The van der Waals surface area contributed by atoms with Gasteiger partial charge in [0.2, 0.25) is 0 Å². The Morgan fingerprint density at radius 1 is 1.17 bits per heavy atom. The number of carbonyl (C=O) groups excluding carboxylic acids is 1. The first-order valence-electron chi connectivity index (χ1n) is 10.1. The molecule has 8 nitrogen and oxygen atoms in total. The molecule has 0 unspecified atom stereocenters. The number of nitrogens with zero attached hydrogens (tertiary/aromatic N) is 5. The highest BCUT2D eigenvalue weighted by atomic mass is 16.5. The third kappa shape index (κ3) is 4.31. The van der Waals surface area contributed by atoms with Crippen molar-refractivity contribution >= 4 is 22.8 Å². The van der Waals surface area contributed by atoms with Crippen LogP contribution in [0.1, 0.15) is 36.0 Å². The molecule has 152 valence electrons. The molecule has 3 aromatic rings. The van der Waals surface area contributed by atoms with Gasteiger partial charge in [0.1, 0.15) is 17.9 Å². The number of hydrogen-bond acceptors (Lipinski definition) is 6. The molecule has 1 aliphatic rings. The minimum Gasteiger partial charge on any atom is -0.497 e. The Hall–Kier alpha value is -3.16. The lowest BCUT2D eigenvalue weighted by atomic mass is 10.2. The van der Waals surface area contributed by atoms with Crippen molar-refractivity contribution in [3.05, 3.63) is 42.4 Å². The monoisotopic (exact) mass is 394 g/mol. The molecule has 1 aromatic carbocycles. The van der Waals surface area contributed by atoms with Crippen LogP contribution in [0.3, 0.4) is 0 Å². The zero-order valence-corrected chi connectivity index (χ0v) is 16.7. The lowest BCUT2D eigenvalue weighted by Gasteiger charge is -2.21. The molecule has 1 aliphatic heterocycles. The van der Waals surface area contributed by atoms with Gasteiger partial charge in [-0.15, -0.1) is 0 Å². The number of fused-ring (bicyclic) bond motifs is 1. The van der Waals surface area contributed by atoms with Gasteiger partial charge in [0.15, 0.2) is 5.65 Å². The lowest BCUT2D eigenvalue weighted by Crippen LogP contribution is -2.27. The molecular formula is C21H26N6O2. The summed E-state index contributed by atoms with van der Waals surface area (Å²) in [7, 11) is 1.58. The molecule has 1 amide bonds. The van der Waals surface area contributed by atoms with Gasteiger partial charge in [0.25, 0.3) is 5.91 Å². The van der Waals surface area contributed by atoms with Gasteiger partial charge in [0.05, 0.1) is 25.2 Å². The Bertz CT molecular complexity index is 978. The van der Waals surface area contributed by atoms with Crippen molar-refractivity contribution in [2.24, 2.45) is 0 Å². The Morgan fingerprint density at radius 3 is 2.79 bits per heavy atom. The van der Waals surface area contributed by atoms with Crippen molar-refractivity contribution in [3.63, 3.8) is 0 Å². The van der Waals surface area contributed by atoms with Gasteiger partial charge in [0, 0.05) is 25.2 Å². The van der Waals surface area contributed by atoms with Crippen LogP contribution in [0, 0.1) is 0 Å². The largest absolute Gasteiger partial charge is 0.497 e. The van der Waals surface area contributed by atoms with Crippen LogP contribution >= 0.6 is 0 Å². The van der Waals surface area contributed by atoms with E-state index in [0.29, 0.717) is 24.4 Å². The number of benzene rings is 1. The van der Waals surface area contributed by atoms with E-state index >= 15 is 0 Å². The second kappa shape index (κ2) is 8.89. The average molecular weight is 394 g/mol. The summed E-state index contributed by atoms with van der Waals surface area (Å²) < 4.78 is 7.00. The fourth-order valence-corrected chi connectivity index (χ4v) is 3.72. The number of carbonyl (C=O) groups is 1. The highest BCUT2D eigenvalue weighted by Crippen LogP contribution is 2.25. The fourth-order valence-electron chi connectivity index (χ4n) is 3.72. The highest BCUT2D eigenvalue weighted by Gasteiger charge is 2.17. The van der Waals surface area contributed by atoms with E-state index < -0.39 is 0 Å². The van der Waals surface area contributed by atoms with E-state index in [0.717, 1.165) is 29.9 Å². The maximum absolute atomic E-state index is 12.4. The Labute approximate surface area is 169 Å². The van der Waals surface area contributed by atoms with Gasteiger partial charge in [-0.2, -0.15) is 5.10 Å². The number of aromatic nitrogens is 4. The van der Waals surface area contributed by atoms with Gasteiger partial charge in [-0.05, 0) is 31.0 Å². The molecule has 0 radical (unpaired) electrons. The van der Waals surface area contributed by atoms with E-state index in [2.05, 4.69) is 25.3 Å². The minimum atomic E-state index is -0.139. The molecule has 0 spiro atoms. The number of methoxy groups -OCH3 is 1. The predicted octanol–water partition coefficient (Wildman–Crippen LogP) is 2.65. The third-order valence-corrected chi connectivity index (χ3v) is 5.26. The molecule has 29 heavy (non-hydrogen) atoms. The highest BCUT2D eigenvalue weighted by molar-refractivity contribution is 5.94. The van der Waals surface area contributed by atoms with Crippen LogP contribution in [0.15, 0.2) is 36.8 Å². The van der Waals surface area contributed by atoms with Crippen LogP contribution in [0.5, 0.6) is 5.75 Å². The van der Waals surface area contributed by atoms with Gasteiger partial charge in [-0.1, -0.05) is 18.9 Å². The number of rotatable bonds is 6. The summed E-state index contributed by atoms with van der Waals surface area (Å²) in [6.07, 6.45) is 8.37. The molecule has 0 bridgehead atoms. The number of hydrogen-bond donors (Lipinski definition) is 1. The van der Waals surface area contributed by atoms with Crippen LogP contribution in [-0.4, -0.2) is 52.4 Å². The summed E-state index contributed by atoms with van der Waals surface area (Å²) >= 11 is 0. The van der Waals surface area contributed by atoms with Crippen molar-refractivity contribution in [2.75, 3.05) is 31.6 Å². The standard InChI is InChI=1S/C21H26N6O2/c1-29-17-8-6-7-16(13-17)21(28)22-9-12-27-20-18(14-25-27)19(23-15-24-20)26-10-4-2-3-5-11-26/h6-8,13-15H,2-5,9-12H2,1H3,(H,22,28). The first-order valence-corrected chi connectivity index (χ1v) is 10.1. The maximum Gasteiger partial charge on any atom is 0.251 e. The first-order chi connectivity index (χ1) is 14.3. The Balaban J connectivity index is 1.43. The molecule has 1 saturated heterocycles. The van der Waals surface area contributed by atoms with E-state index in [1.807, 2.05) is 16.9 Å². The second-order valence-corrected chi connectivity index (χ2v) is 7.19. The smallest absolute Gasteiger partial charge is 0.251 e. The average Bonchev–Trinajstić information content (AvgIpc) is 2.98. The molecule has 4 rings (SSSR count). The molecular weight excluding hydrogens is 368 g/mol. The quantitative estimate of drug-likeness (QED) is 0.692. The van der Waals surface area contributed by atoms with Crippen LogP contribution in [0.25, 0.3) is 11.0 Å². The van der Waals surface area contributed by atoms with Crippen molar-refractivity contribution in [1.82, 2.24) is 25.1 Å².